The molecule has 154 valence electrons. The van der Waals surface area contributed by atoms with E-state index in [2.05, 4.69) is 15.4 Å². The van der Waals surface area contributed by atoms with Crippen molar-refractivity contribution < 1.29 is 22.7 Å². The quantitative estimate of drug-likeness (QED) is 0.565. The first-order valence-corrected chi connectivity index (χ1v) is 9.67. The predicted molar refractivity (Wildman–Crippen MR) is 111 cm³/mol. The van der Waals surface area contributed by atoms with Crippen molar-refractivity contribution in [1.29, 1.82) is 0 Å². The summed E-state index contributed by atoms with van der Waals surface area (Å²) in [5.74, 6) is 0.562. The van der Waals surface area contributed by atoms with Crippen LogP contribution in [0.15, 0.2) is 47.4 Å². The molecule has 28 heavy (non-hydrogen) atoms. The van der Waals surface area contributed by atoms with E-state index in [4.69, 9.17) is 9.47 Å². The lowest BCUT2D eigenvalue weighted by Gasteiger charge is -2.14. The number of hydrogen-bond donors (Lipinski definition) is 3. The summed E-state index contributed by atoms with van der Waals surface area (Å²) < 4.78 is 38.3. The summed E-state index contributed by atoms with van der Waals surface area (Å²) in [6.45, 7) is 0.520. The zero-order chi connectivity index (χ0) is 19.9. The highest BCUT2D eigenvalue weighted by Gasteiger charge is 2.21. The van der Waals surface area contributed by atoms with E-state index in [-0.39, 0.29) is 35.4 Å². The average Bonchev–Trinajstić information content (AvgIpc) is 2.66. The Kier molecular flexibility index (Phi) is 9.04. The average molecular weight is 430 g/mol. The predicted octanol–water partition coefficient (Wildman–Crippen LogP) is 2.47. The number of anilines is 2. The minimum absolute atomic E-state index is 0. The molecule has 2 aromatic carbocycles. The van der Waals surface area contributed by atoms with Crippen LogP contribution in [0.25, 0.3) is 0 Å². The molecule has 0 radical (unpaired) electrons. The molecule has 2 rings (SSSR count). The molecule has 8 nitrogen and oxygen atoms in total. The maximum absolute atomic E-state index is 12.8. The monoisotopic (exact) mass is 429 g/mol. The highest BCUT2D eigenvalue weighted by atomic mass is 35.5. The third kappa shape index (κ3) is 6.29. The Balaban J connectivity index is 0.00000392. The molecule has 0 fully saturated rings. The molecule has 0 aliphatic heterocycles. The SMILES string of the molecule is CNCCC(=O)Nc1ccc(OC)c(S(=O)(=O)Nc2ccc(OC)cc2)c1.Cl. The minimum atomic E-state index is -3.93. The molecule has 2 aromatic rings. The van der Waals surface area contributed by atoms with Gasteiger partial charge < -0.3 is 20.1 Å². The lowest BCUT2D eigenvalue weighted by Crippen LogP contribution is -2.19. The fourth-order valence-electron chi connectivity index (χ4n) is 2.30. The number of nitrogens with one attached hydrogen (secondary N) is 3. The molecular formula is C18H24ClN3O5S. The molecule has 3 N–H and O–H groups in total. The minimum Gasteiger partial charge on any atom is -0.497 e. The topological polar surface area (TPSA) is 106 Å². The van der Waals surface area contributed by atoms with Crippen molar-refractivity contribution in [1.82, 2.24) is 5.32 Å². The van der Waals surface area contributed by atoms with Gasteiger partial charge in [-0.15, -0.1) is 12.4 Å². The highest BCUT2D eigenvalue weighted by molar-refractivity contribution is 7.92. The summed E-state index contributed by atoms with van der Waals surface area (Å²) in [7, 11) is 0.726. The fourth-order valence-corrected chi connectivity index (χ4v) is 3.55. The van der Waals surface area contributed by atoms with Gasteiger partial charge in [0.2, 0.25) is 5.91 Å². The van der Waals surface area contributed by atoms with Crippen LogP contribution in [0.3, 0.4) is 0 Å². The number of halogens is 1. The molecule has 0 aliphatic rings. The zero-order valence-electron chi connectivity index (χ0n) is 15.8. The normalized spacial score (nSPS) is 10.5. The van der Waals surface area contributed by atoms with Crippen LogP contribution in [0.1, 0.15) is 6.42 Å². The van der Waals surface area contributed by atoms with E-state index < -0.39 is 10.0 Å². The Morgan fingerprint density at radius 3 is 2.21 bits per heavy atom. The molecule has 0 unspecified atom stereocenters. The van der Waals surface area contributed by atoms with Crippen molar-refractivity contribution in [3.05, 3.63) is 42.5 Å². The van der Waals surface area contributed by atoms with Crippen LogP contribution in [0.4, 0.5) is 11.4 Å². The largest absolute Gasteiger partial charge is 0.497 e. The van der Waals surface area contributed by atoms with Crippen LogP contribution in [-0.2, 0) is 14.8 Å². The number of benzene rings is 2. The summed E-state index contributed by atoms with van der Waals surface area (Å²) in [5.41, 5.74) is 0.744. The van der Waals surface area contributed by atoms with Crippen molar-refractivity contribution in [2.75, 3.05) is 37.9 Å². The molecule has 0 aliphatic carbocycles. The highest BCUT2D eigenvalue weighted by Crippen LogP contribution is 2.29. The molecule has 0 aromatic heterocycles. The molecular weight excluding hydrogens is 406 g/mol. The zero-order valence-corrected chi connectivity index (χ0v) is 17.4. The molecule has 1 amide bonds. The number of sulfonamides is 1. The molecule has 0 atom stereocenters. The van der Waals surface area contributed by atoms with Gasteiger partial charge in [-0.05, 0) is 49.5 Å². The Morgan fingerprint density at radius 1 is 1.00 bits per heavy atom. The maximum atomic E-state index is 12.8. The summed E-state index contributed by atoms with van der Waals surface area (Å²) in [6, 6.07) is 10.9. The third-order valence-electron chi connectivity index (χ3n) is 3.68. The third-order valence-corrected chi connectivity index (χ3v) is 5.08. The standard InChI is InChI=1S/C18H23N3O5S.ClH/c1-19-11-10-18(22)20-14-6-9-16(26-3)17(12-14)27(23,24)21-13-4-7-15(25-2)8-5-13;/h4-9,12,19,21H,10-11H2,1-3H3,(H,20,22);1H. The van der Waals surface area contributed by atoms with E-state index >= 15 is 0 Å². The summed E-state index contributed by atoms with van der Waals surface area (Å²) in [4.78, 5) is 11.8. The van der Waals surface area contributed by atoms with Gasteiger partial charge in [-0.2, -0.15) is 0 Å². The van der Waals surface area contributed by atoms with Gasteiger partial charge in [0, 0.05) is 24.3 Å². The second-order valence-electron chi connectivity index (χ2n) is 5.60. The molecule has 0 saturated heterocycles. The fraction of sp³-hybridized carbons (Fsp3) is 0.278. The van der Waals surface area contributed by atoms with E-state index in [0.29, 0.717) is 23.7 Å². The van der Waals surface area contributed by atoms with Gasteiger partial charge in [0.1, 0.15) is 16.4 Å². The molecule has 0 heterocycles. The van der Waals surface area contributed by atoms with Crippen LogP contribution in [0, 0.1) is 0 Å². The smallest absolute Gasteiger partial charge is 0.265 e. The van der Waals surface area contributed by atoms with Crippen molar-refractivity contribution in [3.63, 3.8) is 0 Å². The van der Waals surface area contributed by atoms with E-state index in [1.165, 1.54) is 26.4 Å². The van der Waals surface area contributed by atoms with Gasteiger partial charge in [0.15, 0.2) is 0 Å². The van der Waals surface area contributed by atoms with Crippen LogP contribution < -0.4 is 24.8 Å². The first-order chi connectivity index (χ1) is 12.9. The van der Waals surface area contributed by atoms with Crippen LogP contribution in [0.5, 0.6) is 11.5 Å². The van der Waals surface area contributed by atoms with Crippen molar-refractivity contribution in [3.8, 4) is 11.5 Å². The number of amides is 1. The van der Waals surface area contributed by atoms with Gasteiger partial charge >= 0.3 is 0 Å². The van der Waals surface area contributed by atoms with Crippen molar-refractivity contribution in [2.24, 2.45) is 0 Å². The van der Waals surface area contributed by atoms with Gasteiger partial charge in [-0.1, -0.05) is 0 Å². The van der Waals surface area contributed by atoms with E-state index in [1.54, 1.807) is 37.4 Å². The van der Waals surface area contributed by atoms with Crippen LogP contribution >= 0.6 is 12.4 Å². The maximum Gasteiger partial charge on any atom is 0.265 e. The first kappa shape index (κ1) is 23.5. The molecule has 10 heteroatoms. The summed E-state index contributed by atoms with van der Waals surface area (Å²) in [5, 5.41) is 5.55. The van der Waals surface area contributed by atoms with E-state index in [9.17, 15) is 13.2 Å². The molecule has 0 bridgehead atoms. The van der Waals surface area contributed by atoms with Crippen molar-refractivity contribution in [2.45, 2.75) is 11.3 Å². The Hall–Kier alpha value is -2.49. The lowest BCUT2D eigenvalue weighted by atomic mass is 10.3. The van der Waals surface area contributed by atoms with Gasteiger partial charge in [0.25, 0.3) is 10.0 Å². The van der Waals surface area contributed by atoms with Gasteiger partial charge in [-0.25, -0.2) is 8.42 Å². The van der Waals surface area contributed by atoms with E-state index in [1.807, 2.05) is 0 Å². The first-order valence-electron chi connectivity index (χ1n) is 8.19. The van der Waals surface area contributed by atoms with Crippen LogP contribution in [-0.4, -0.2) is 42.1 Å². The molecule has 0 spiro atoms. The number of methoxy groups -OCH3 is 2. The number of rotatable bonds is 9. The Labute approximate surface area is 171 Å². The Bertz CT molecular complexity index is 889. The molecule has 0 saturated carbocycles. The van der Waals surface area contributed by atoms with Crippen LogP contribution in [0.2, 0.25) is 0 Å². The summed E-state index contributed by atoms with van der Waals surface area (Å²) in [6.07, 6.45) is 0.273. The second-order valence-corrected chi connectivity index (χ2v) is 7.25. The van der Waals surface area contributed by atoms with Crippen molar-refractivity contribution >= 4 is 39.7 Å². The van der Waals surface area contributed by atoms with Gasteiger partial charge in [-0.3, -0.25) is 9.52 Å². The number of carbonyl (C=O) groups is 1. The second kappa shape index (κ2) is 10.7. The summed E-state index contributed by atoms with van der Waals surface area (Å²) >= 11 is 0. The van der Waals surface area contributed by atoms with Gasteiger partial charge in [0.05, 0.1) is 14.2 Å². The number of carbonyl (C=O) groups excluding carboxylic acids is 1. The van der Waals surface area contributed by atoms with E-state index in [0.717, 1.165) is 0 Å². The number of ether oxygens (including phenoxy) is 2. The Morgan fingerprint density at radius 2 is 1.64 bits per heavy atom. The lowest BCUT2D eigenvalue weighted by molar-refractivity contribution is -0.116. The number of hydrogen-bond acceptors (Lipinski definition) is 6.